The smallest absolute Gasteiger partial charge is 0.341 e. The van der Waals surface area contributed by atoms with Crippen molar-refractivity contribution in [2.24, 2.45) is 0 Å². The van der Waals surface area contributed by atoms with E-state index in [9.17, 15) is 9.90 Å². The molecular formula is C12H11NO3. The van der Waals surface area contributed by atoms with E-state index >= 15 is 0 Å². The normalized spacial score (nSPS) is 10.0. The van der Waals surface area contributed by atoms with Gasteiger partial charge in [0.2, 0.25) is 0 Å². The molecule has 4 nitrogen and oxygen atoms in total. The predicted molar refractivity (Wildman–Crippen MR) is 58.7 cm³/mol. The molecule has 82 valence electrons. The Morgan fingerprint density at radius 1 is 1.62 bits per heavy atom. The van der Waals surface area contributed by atoms with Gasteiger partial charge >= 0.3 is 5.97 Å². The number of methoxy groups -OCH3 is 1. The van der Waals surface area contributed by atoms with Gasteiger partial charge in [-0.25, -0.2) is 4.79 Å². The third-order valence-corrected chi connectivity index (χ3v) is 1.95. The Morgan fingerprint density at radius 3 is 2.94 bits per heavy atom. The van der Waals surface area contributed by atoms with Gasteiger partial charge in [-0.15, -0.1) is 0 Å². The van der Waals surface area contributed by atoms with Crippen LogP contribution in [0.5, 0.6) is 5.75 Å². The predicted octanol–water partition coefficient (Wildman–Crippen LogP) is 2.11. The van der Waals surface area contributed by atoms with Gasteiger partial charge in [0.15, 0.2) is 0 Å². The lowest BCUT2D eigenvalue weighted by molar-refractivity contribution is 0.0597. The van der Waals surface area contributed by atoms with Crippen LogP contribution in [0.2, 0.25) is 0 Å². The van der Waals surface area contributed by atoms with Gasteiger partial charge in [0, 0.05) is 0 Å². The molecular weight excluding hydrogens is 206 g/mol. The second-order valence-corrected chi connectivity index (χ2v) is 3.03. The molecule has 4 heteroatoms. The zero-order valence-electron chi connectivity index (χ0n) is 8.80. The third-order valence-electron chi connectivity index (χ3n) is 1.95. The lowest BCUT2D eigenvalue weighted by Crippen LogP contribution is -2.01. The Balaban J connectivity index is 2.92. The first-order valence-corrected chi connectivity index (χ1v) is 4.64. The topological polar surface area (TPSA) is 70.3 Å². The zero-order valence-corrected chi connectivity index (χ0v) is 8.80. The number of carbonyl (C=O) groups is 1. The summed E-state index contributed by atoms with van der Waals surface area (Å²) in [5.41, 5.74) is 0.848. The average molecular weight is 217 g/mol. The molecule has 0 spiro atoms. The number of aromatic hydroxyl groups is 1. The highest BCUT2D eigenvalue weighted by molar-refractivity contribution is 5.92. The Labute approximate surface area is 93.4 Å². The number of allylic oxidation sites excluding steroid dienone is 1. The lowest BCUT2D eigenvalue weighted by atomic mass is 10.1. The van der Waals surface area contributed by atoms with Crippen LogP contribution in [0.3, 0.4) is 0 Å². The van der Waals surface area contributed by atoms with E-state index in [1.807, 2.05) is 6.07 Å². The maximum Gasteiger partial charge on any atom is 0.341 e. The van der Waals surface area contributed by atoms with Crippen molar-refractivity contribution in [3.63, 3.8) is 0 Å². The van der Waals surface area contributed by atoms with E-state index in [-0.39, 0.29) is 11.3 Å². The van der Waals surface area contributed by atoms with E-state index in [0.717, 1.165) is 5.56 Å². The molecule has 0 heterocycles. The highest BCUT2D eigenvalue weighted by Crippen LogP contribution is 2.20. The summed E-state index contributed by atoms with van der Waals surface area (Å²) in [6, 6.07) is 6.56. The van der Waals surface area contributed by atoms with Crippen molar-refractivity contribution in [1.29, 1.82) is 5.26 Å². The summed E-state index contributed by atoms with van der Waals surface area (Å²) in [4.78, 5) is 11.2. The molecule has 0 fully saturated rings. The maximum absolute atomic E-state index is 11.2. The van der Waals surface area contributed by atoms with Gasteiger partial charge in [0.1, 0.15) is 11.3 Å². The van der Waals surface area contributed by atoms with Crippen LogP contribution in [-0.2, 0) is 4.74 Å². The van der Waals surface area contributed by atoms with Crippen LogP contribution in [0.1, 0.15) is 22.3 Å². The molecule has 0 atom stereocenters. The number of nitrogens with zero attached hydrogens (tertiary/aromatic N) is 1. The summed E-state index contributed by atoms with van der Waals surface area (Å²) in [6.45, 7) is 0. The molecule has 0 unspecified atom stereocenters. The minimum atomic E-state index is -0.579. The van der Waals surface area contributed by atoms with Crippen molar-refractivity contribution >= 4 is 12.0 Å². The van der Waals surface area contributed by atoms with Crippen LogP contribution in [0.4, 0.5) is 0 Å². The molecule has 0 saturated carbocycles. The van der Waals surface area contributed by atoms with E-state index in [4.69, 9.17) is 5.26 Å². The van der Waals surface area contributed by atoms with Gasteiger partial charge < -0.3 is 9.84 Å². The number of hydrogen-bond donors (Lipinski definition) is 1. The number of esters is 1. The van der Waals surface area contributed by atoms with Gasteiger partial charge in [0.05, 0.1) is 19.6 Å². The van der Waals surface area contributed by atoms with Crippen molar-refractivity contribution in [2.45, 2.75) is 6.42 Å². The molecule has 1 N–H and O–H groups in total. The van der Waals surface area contributed by atoms with Crippen molar-refractivity contribution in [1.82, 2.24) is 0 Å². The molecule has 1 aromatic rings. The third kappa shape index (κ3) is 2.85. The molecule has 0 bridgehead atoms. The maximum atomic E-state index is 11.2. The van der Waals surface area contributed by atoms with Crippen LogP contribution in [0.15, 0.2) is 24.3 Å². The van der Waals surface area contributed by atoms with Crippen molar-refractivity contribution in [3.05, 3.63) is 35.4 Å². The van der Waals surface area contributed by atoms with Gasteiger partial charge in [-0.3, -0.25) is 0 Å². The minimum absolute atomic E-state index is 0.125. The second kappa shape index (κ2) is 5.56. The van der Waals surface area contributed by atoms with Crippen molar-refractivity contribution in [2.75, 3.05) is 7.11 Å². The first kappa shape index (κ1) is 11.8. The number of hydrogen-bond acceptors (Lipinski definition) is 4. The number of carbonyl (C=O) groups excluding carboxylic acids is 1. The number of phenols is 1. The Bertz CT molecular complexity index is 458. The molecule has 0 aliphatic rings. The van der Waals surface area contributed by atoms with Gasteiger partial charge in [-0.05, 0) is 17.7 Å². The first-order valence-electron chi connectivity index (χ1n) is 4.64. The number of benzene rings is 1. The van der Waals surface area contributed by atoms with E-state index in [2.05, 4.69) is 4.74 Å². The van der Waals surface area contributed by atoms with Gasteiger partial charge in [-0.2, -0.15) is 5.26 Å². The zero-order chi connectivity index (χ0) is 12.0. The molecule has 1 rings (SSSR count). The Kier molecular flexibility index (Phi) is 4.10. The molecule has 0 radical (unpaired) electrons. The summed E-state index contributed by atoms with van der Waals surface area (Å²) in [5, 5.41) is 17.9. The molecule has 0 aliphatic heterocycles. The van der Waals surface area contributed by atoms with Crippen LogP contribution in [-0.4, -0.2) is 18.2 Å². The minimum Gasteiger partial charge on any atom is -0.507 e. The summed E-state index contributed by atoms with van der Waals surface area (Å²) in [5.74, 6) is -0.712. The molecule has 1 aromatic carbocycles. The number of ether oxygens (including phenoxy) is 1. The molecule has 0 saturated heterocycles. The fourth-order valence-electron chi connectivity index (χ4n) is 1.18. The lowest BCUT2D eigenvalue weighted by Gasteiger charge is -2.02. The van der Waals surface area contributed by atoms with Crippen LogP contribution in [0, 0.1) is 11.3 Å². The molecule has 0 amide bonds. The summed E-state index contributed by atoms with van der Waals surface area (Å²) in [7, 11) is 1.25. The standard InChI is InChI=1S/C12H11NO3/c1-16-12(15)10-6-5-9(8-11(10)14)4-2-3-7-13/h2,4-6,8,14H,3H2,1H3. The van der Waals surface area contributed by atoms with E-state index in [0.29, 0.717) is 6.42 Å². The Morgan fingerprint density at radius 2 is 2.38 bits per heavy atom. The fraction of sp³-hybridized carbons (Fsp3) is 0.167. The van der Waals surface area contributed by atoms with Crippen LogP contribution in [0.25, 0.3) is 6.08 Å². The van der Waals surface area contributed by atoms with Crippen molar-refractivity contribution in [3.8, 4) is 11.8 Å². The second-order valence-electron chi connectivity index (χ2n) is 3.03. The molecule has 0 aliphatic carbocycles. The summed E-state index contributed by atoms with van der Waals surface area (Å²) >= 11 is 0. The Hall–Kier alpha value is -2.28. The quantitative estimate of drug-likeness (QED) is 0.787. The highest BCUT2D eigenvalue weighted by Gasteiger charge is 2.10. The van der Waals surface area contributed by atoms with Crippen LogP contribution >= 0.6 is 0 Å². The summed E-state index contributed by atoms with van der Waals surface area (Å²) in [6.07, 6.45) is 3.68. The monoisotopic (exact) mass is 217 g/mol. The SMILES string of the molecule is COC(=O)c1ccc(C=CCC#N)cc1O. The fourth-order valence-corrected chi connectivity index (χ4v) is 1.18. The van der Waals surface area contributed by atoms with E-state index in [1.165, 1.54) is 19.2 Å². The number of nitriles is 1. The highest BCUT2D eigenvalue weighted by atomic mass is 16.5. The van der Waals surface area contributed by atoms with E-state index < -0.39 is 5.97 Å². The van der Waals surface area contributed by atoms with Gasteiger partial charge in [0.25, 0.3) is 0 Å². The molecule has 0 aromatic heterocycles. The average Bonchev–Trinajstić information content (AvgIpc) is 2.29. The summed E-state index contributed by atoms with van der Waals surface area (Å²) < 4.78 is 4.50. The van der Waals surface area contributed by atoms with Gasteiger partial charge in [-0.1, -0.05) is 18.2 Å². The number of phenolic OH excluding ortho intramolecular Hbond substituents is 1. The van der Waals surface area contributed by atoms with Crippen LogP contribution < -0.4 is 0 Å². The number of rotatable bonds is 3. The van der Waals surface area contributed by atoms with E-state index in [1.54, 1.807) is 18.2 Å². The molecule has 16 heavy (non-hydrogen) atoms. The largest absolute Gasteiger partial charge is 0.507 e. The van der Waals surface area contributed by atoms with Crippen molar-refractivity contribution < 1.29 is 14.6 Å². The first-order chi connectivity index (χ1) is 7.69.